The van der Waals surface area contributed by atoms with Crippen LogP contribution in [0.25, 0.3) is 0 Å². The van der Waals surface area contributed by atoms with Crippen molar-refractivity contribution in [1.29, 1.82) is 0 Å². The second-order valence-corrected chi connectivity index (χ2v) is 3.53. The highest BCUT2D eigenvalue weighted by atomic mass is 35.5. The predicted molar refractivity (Wildman–Crippen MR) is 51.1 cm³/mol. The number of halogens is 1. The zero-order chi connectivity index (χ0) is 9.80. The largest absolute Gasteiger partial charge is 0.379 e. The fourth-order valence-electron chi connectivity index (χ4n) is 1.27. The van der Waals surface area contributed by atoms with E-state index in [1.165, 1.54) is 0 Å². The topological polar surface area (TPSA) is 44.2 Å². The molecule has 76 valence electrons. The lowest BCUT2D eigenvalue weighted by molar-refractivity contribution is 0.0298. The van der Waals surface area contributed by atoms with Gasteiger partial charge in [0.05, 0.1) is 25.0 Å². The molecule has 1 saturated heterocycles. The lowest BCUT2D eigenvalue weighted by Gasteiger charge is -2.08. The maximum Gasteiger partial charge on any atom is 0.151 e. The first-order chi connectivity index (χ1) is 6.84. The van der Waals surface area contributed by atoms with Crippen LogP contribution in [0.4, 0.5) is 0 Å². The second kappa shape index (κ2) is 4.68. The molecule has 0 spiro atoms. The molecular formula is C9H11ClN2O2. The van der Waals surface area contributed by atoms with E-state index in [1.807, 2.05) is 6.07 Å². The highest BCUT2D eigenvalue weighted by molar-refractivity contribution is 6.29. The minimum absolute atomic E-state index is 0.201. The molecule has 1 aliphatic heterocycles. The molecule has 0 saturated carbocycles. The fourth-order valence-corrected chi connectivity index (χ4v) is 1.37. The van der Waals surface area contributed by atoms with Crippen molar-refractivity contribution in [2.75, 3.05) is 13.2 Å². The summed E-state index contributed by atoms with van der Waals surface area (Å²) in [7, 11) is 0. The van der Waals surface area contributed by atoms with E-state index in [9.17, 15) is 0 Å². The van der Waals surface area contributed by atoms with Crippen LogP contribution >= 0.6 is 11.6 Å². The standard InChI is InChI=1S/C9H11ClN2O2/c10-9-2-1-7(11-12-9)5-14-8-3-4-13-6-8/h1-2,8H,3-6H2. The molecule has 14 heavy (non-hydrogen) atoms. The van der Waals surface area contributed by atoms with E-state index in [4.69, 9.17) is 21.1 Å². The summed E-state index contributed by atoms with van der Waals surface area (Å²) in [6, 6.07) is 3.52. The van der Waals surface area contributed by atoms with Crippen LogP contribution in [0.1, 0.15) is 12.1 Å². The van der Waals surface area contributed by atoms with Crippen molar-refractivity contribution in [2.24, 2.45) is 0 Å². The van der Waals surface area contributed by atoms with Gasteiger partial charge in [-0.1, -0.05) is 11.6 Å². The van der Waals surface area contributed by atoms with Crippen molar-refractivity contribution < 1.29 is 9.47 Å². The number of aromatic nitrogens is 2. The lowest BCUT2D eigenvalue weighted by Crippen LogP contribution is -2.12. The van der Waals surface area contributed by atoms with Crippen LogP contribution in [0.15, 0.2) is 12.1 Å². The molecule has 0 N–H and O–H groups in total. The van der Waals surface area contributed by atoms with Crippen LogP contribution in [0, 0.1) is 0 Å². The number of nitrogens with zero attached hydrogens (tertiary/aromatic N) is 2. The van der Waals surface area contributed by atoms with E-state index in [2.05, 4.69) is 10.2 Å². The first-order valence-corrected chi connectivity index (χ1v) is 4.90. The van der Waals surface area contributed by atoms with Crippen molar-refractivity contribution in [3.63, 3.8) is 0 Å². The Morgan fingerprint density at radius 3 is 3.07 bits per heavy atom. The van der Waals surface area contributed by atoms with E-state index in [0.29, 0.717) is 18.4 Å². The molecule has 0 amide bonds. The maximum atomic E-state index is 5.60. The van der Waals surface area contributed by atoms with Crippen molar-refractivity contribution in [1.82, 2.24) is 10.2 Å². The minimum atomic E-state index is 0.201. The van der Waals surface area contributed by atoms with Crippen LogP contribution in [-0.4, -0.2) is 29.5 Å². The zero-order valence-corrected chi connectivity index (χ0v) is 8.41. The molecule has 1 fully saturated rings. The third kappa shape index (κ3) is 2.64. The smallest absolute Gasteiger partial charge is 0.151 e. The summed E-state index contributed by atoms with van der Waals surface area (Å²) in [4.78, 5) is 0. The Morgan fingerprint density at radius 1 is 1.50 bits per heavy atom. The normalized spacial score (nSPS) is 21.4. The first-order valence-electron chi connectivity index (χ1n) is 4.52. The molecule has 4 nitrogen and oxygen atoms in total. The van der Waals surface area contributed by atoms with E-state index < -0.39 is 0 Å². The summed E-state index contributed by atoms with van der Waals surface area (Å²) >= 11 is 5.60. The Bertz CT molecular complexity index is 285. The van der Waals surface area contributed by atoms with Gasteiger partial charge in [-0.05, 0) is 18.6 Å². The number of hydrogen-bond acceptors (Lipinski definition) is 4. The molecule has 2 rings (SSSR count). The summed E-state index contributed by atoms with van der Waals surface area (Å²) in [6.07, 6.45) is 1.16. The SMILES string of the molecule is Clc1ccc(COC2CCOC2)nn1. The number of rotatable bonds is 3. The molecule has 1 aromatic rings. The van der Waals surface area contributed by atoms with Gasteiger partial charge in [-0.2, -0.15) is 5.10 Å². The van der Waals surface area contributed by atoms with Gasteiger partial charge >= 0.3 is 0 Å². The van der Waals surface area contributed by atoms with Crippen LogP contribution in [-0.2, 0) is 16.1 Å². The van der Waals surface area contributed by atoms with Gasteiger partial charge in [0.25, 0.3) is 0 Å². The van der Waals surface area contributed by atoms with Gasteiger partial charge in [0.2, 0.25) is 0 Å². The average Bonchev–Trinajstić information content (AvgIpc) is 2.70. The van der Waals surface area contributed by atoms with Gasteiger partial charge in [0, 0.05) is 6.61 Å². The second-order valence-electron chi connectivity index (χ2n) is 3.14. The summed E-state index contributed by atoms with van der Waals surface area (Å²) in [5.41, 5.74) is 0.793. The molecule has 1 unspecified atom stereocenters. The van der Waals surface area contributed by atoms with Crippen LogP contribution in [0.5, 0.6) is 0 Å². The monoisotopic (exact) mass is 214 g/mol. The molecule has 0 aliphatic carbocycles. The molecule has 2 heterocycles. The number of hydrogen-bond donors (Lipinski definition) is 0. The quantitative estimate of drug-likeness (QED) is 0.764. The molecular weight excluding hydrogens is 204 g/mol. The molecule has 0 bridgehead atoms. The highest BCUT2D eigenvalue weighted by Gasteiger charge is 2.15. The van der Waals surface area contributed by atoms with Gasteiger partial charge in [-0.3, -0.25) is 0 Å². The van der Waals surface area contributed by atoms with Gasteiger partial charge in [0.1, 0.15) is 0 Å². The predicted octanol–water partition coefficient (Wildman–Crippen LogP) is 1.44. The van der Waals surface area contributed by atoms with Gasteiger partial charge in [-0.25, -0.2) is 0 Å². The Balaban J connectivity index is 1.82. The van der Waals surface area contributed by atoms with Crippen LogP contribution in [0.2, 0.25) is 5.15 Å². The van der Waals surface area contributed by atoms with Crippen molar-refractivity contribution >= 4 is 11.6 Å². The fraction of sp³-hybridized carbons (Fsp3) is 0.556. The van der Waals surface area contributed by atoms with E-state index in [0.717, 1.165) is 18.7 Å². The summed E-state index contributed by atoms with van der Waals surface area (Å²) in [5, 5.41) is 8.02. The Hall–Kier alpha value is -0.710. The molecule has 0 aromatic carbocycles. The number of ether oxygens (including phenoxy) is 2. The summed E-state index contributed by atoms with van der Waals surface area (Å²) < 4.78 is 10.7. The highest BCUT2D eigenvalue weighted by Crippen LogP contribution is 2.10. The Kier molecular flexibility index (Phi) is 3.29. The van der Waals surface area contributed by atoms with Crippen molar-refractivity contribution in [3.05, 3.63) is 23.0 Å². The Labute approximate surface area is 87.2 Å². The van der Waals surface area contributed by atoms with Crippen molar-refractivity contribution in [2.45, 2.75) is 19.1 Å². The zero-order valence-electron chi connectivity index (χ0n) is 7.65. The van der Waals surface area contributed by atoms with E-state index in [-0.39, 0.29) is 6.10 Å². The summed E-state index contributed by atoms with van der Waals surface area (Å²) in [5.74, 6) is 0. The third-order valence-corrected chi connectivity index (χ3v) is 2.24. The maximum absolute atomic E-state index is 5.60. The van der Waals surface area contributed by atoms with Gasteiger partial charge in [0.15, 0.2) is 5.15 Å². The van der Waals surface area contributed by atoms with Gasteiger partial charge in [-0.15, -0.1) is 5.10 Å². The van der Waals surface area contributed by atoms with E-state index >= 15 is 0 Å². The average molecular weight is 215 g/mol. The third-order valence-electron chi connectivity index (χ3n) is 2.04. The molecule has 1 atom stereocenters. The molecule has 1 aliphatic rings. The van der Waals surface area contributed by atoms with Crippen molar-refractivity contribution in [3.8, 4) is 0 Å². The Morgan fingerprint density at radius 2 is 2.43 bits per heavy atom. The van der Waals surface area contributed by atoms with E-state index in [1.54, 1.807) is 6.07 Å². The lowest BCUT2D eigenvalue weighted by atomic mass is 10.3. The van der Waals surface area contributed by atoms with Gasteiger partial charge < -0.3 is 9.47 Å². The summed E-state index contributed by atoms with van der Waals surface area (Å²) in [6.45, 7) is 1.94. The molecule has 0 radical (unpaired) electrons. The first kappa shape index (κ1) is 9.83. The molecule has 5 heteroatoms. The molecule has 1 aromatic heterocycles. The van der Waals surface area contributed by atoms with Crippen LogP contribution in [0.3, 0.4) is 0 Å². The van der Waals surface area contributed by atoms with Crippen LogP contribution < -0.4 is 0 Å². The minimum Gasteiger partial charge on any atom is -0.379 e.